The highest BCUT2D eigenvalue weighted by molar-refractivity contribution is 6.35. The Morgan fingerprint density at radius 2 is 1.48 bits per heavy atom. The van der Waals surface area contributed by atoms with Crippen LogP contribution in [0, 0.1) is 5.92 Å². The highest BCUT2D eigenvalue weighted by Gasteiger charge is 2.41. The molecule has 0 N–H and O–H groups in total. The number of imide groups is 1. The molecular weight excluding hydrogens is 336 g/mol. The fourth-order valence-electron chi connectivity index (χ4n) is 3.41. The summed E-state index contributed by atoms with van der Waals surface area (Å²) >= 11 is 0. The Morgan fingerprint density at radius 1 is 0.889 bits per heavy atom. The second kappa shape index (κ2) is 8.21. The van der Waals surface area contributed by atoms with Gasteiger partial charge in [-0.3, -0.25) is 14.5 Å². The number of nitrogens with zero attached hydrogens (tertiary/aromatic N) is 2. The maximum absolute atomic E-state index is 13.2. The minimum absolute atomic E-state index is 0.190. The van der Waals surface area contributed by atoms with Crippen molar-refractivity contribution in [2.45, 2.75) is 27.3 Å². The molecule has 0 radical (unpaired) electrons. The molecule has 1 aliphatic rings. The average Bonchev–Trinajstić information content (AvgIpc) is 2.92. The van der Waals surface area contributed by atoms with Crippen molar-refractivity contribution in [3.8, 4) is 0 Å². The van der Waals surface area contributed by atoms with Gasteiger partial charge in [-0.25, -0.2) is 0 Å². The van der Waals surface area contributed by atoms with Gasteiger partial charge in [-0.05, 0) is 24.0 Å². The van der Waals surface area contributed by atoms with E-state index in [-0.39, 0.29) is 17.7 Å². The molecule has 3 rings (SSSR count). The lowest BCUT2D eigenvalue weighted by Gasteiger charge is -2.25. The highest BCUT2D eigenvalue weighted by Crippen LogP contribution is 2.32. The summed E-state index contributed by atoms with van der Waals surface area (Å²) in [6.45, 7) is 7.72. The largest absolute Gasteiger partial charge is 0.362 e. The zero-order valence-corrected chi connectivity index (χ0v) is 16.2. The third kappa shape index (κ3) is 3.95. The fourth-order valence-corrected chi connectivity index (χ4v) is 3.41. The van der Waals surface area contributed by atoms with E-state index in [0.29, 0.717) is 30.9 Å². The SMILES string of the molecule is CCN(Cc1ccccc1)C1=C(c2ccccc2)C(=O)N(CC(C)C)C1=O. The number of carbonyl (C=O) groups excluding carboxylic acids is 2. The van der Waals surface area contributed by atoms with Crippen LogP contribution in [-0.4, -0.2) is 34.7 Å². The molecule has 2 aromatic rings. The predicted octanol–water partition coefficient (Wildman–Crippen LogP) is 3.94. The van der Waals surface area contributed by atoms with E-state index in [0.717, 1.165) is 11.1 Å². The van der Waals surface area contributed by atoms with Crippen LogP contribution in [0.25, 0.3) is 5.57 Å². The lowest BCUT2D eigenvalue weighted by molar-refractivity contribution is -0.138. The first-order chi connectivity index (χ1) is 13.0. The monoisotopic (exact) mass is 362 g/mol. The van der Waals surface area contributed by atoms with Crippen molar-refractivity contribution >= 4 is 17.4 Å². The third-order valence-corrected chi connectivity index (χ3v) is 4.67. The minimum atomic E-state index is -0.193. The summed E-state index contributed by atoms with van der Waals surface area (Å²) < 4.78 is 0. The van der Waals surface area contributed by atoms with Crippen LogP contribution in [0.4, 0.5) is 0 Å². The molecule has 0 saturated heterocycles. The molecule has 0 aliphatic carbocycles. The van der Waals surface area contributed by atoms with E-state index < -0.39 is 0 Å². The maximum atomic E-state index is 13.2. The van der Waals surface area contributed by atoms with Crippen molar-refractivity contribution in [3.05, 3.63) is 77.5 Å². The van der Waals surface area contributed by atoms with Crippen LogP contribution in [-0.2, 0) is 16.1 Å². The van der Waals surface area contributed by atoms with Crippen molar-refractivity contribution in [3.63, 3.8) is 0 Å². The van der Waals surface area contributed by atoms with Crippen LogP contribution in [0.3, 0.4) is 0 Å². The highest BCUT2D eigenvalue weighted by atomic mass is 16.2. The van der Waals surface area contributed by atoms with Gasteiger partial charge in [0.1, 0.15) is 5.70 Å². The average molecular weight is 362 g/mol. The standard InChI is InChI=1S/C23H26N2O2/c1-4-24(16-18-11-7-5-8-12-18)21-20(19-13-9-6-10-14-19)22(26)25(23(21)27)15-17(2)3/h5-14,17H,4,15-16H2,1-3H3. The van der Waals surface area contributed by atoms with Crippen LogP contribution in [0.2, 0.25) is 0 Å². The van der Waals surface area contributed by atoms with Gasteiger partial charge in [0.2, 0.25) is 0 Å². The van der Waals surface area contributed by atoms with Crippen molar-refractivity contribution in [2.75, 3.05) is 13.1 Å². The third-order valence-electron chi connectivity index (χ3n) is 4.67. The van der Waals surface area contributed by atoms with Crippen LogP contribution in [0.1, 0.15) is 31.9 Å². The number of likely N-dealkylation sites (N-methyl/N-ethyl adjacent to an activating group) is 1. The van der Waals surface area contributed by atoms with Crippen molar-refractivity contribution in [1.82, 2.24) is 9.80 Å². The second-order valence-electron chi connectivity index (χ2n) is 7.20. The maximum Gasteiger partial charge on any atom is 0.277 e. The molecule has 0 aromatic heterocycles. The molecule has 1 heterocycles. The van der Waals surface area contributed by atoms with Crippen molar-refractivity contribution in [1.29, 1.82) is 0 Å². The molecular formula is C23H26N2O2. The first-order valence-electron chi connectivity index (χ1n) is 9.47. The molecule has 0 unspecified atom stereocenters. The van der Waals surface area contributed by atoms with Crippen LogP contribution in [0.15, 0.2) is 66.4 Å². The number of hydrogen-bond acceptors (Lipinski definition) is 3. The van der Waals surface area contributed by atoms with Crippen LogP contribution < -0.4 is 0 Å². The summed E-state index contributed by atoms with van der Waals surface area (Å²) in [5, 5.41) is 0. The molecule has 27 heavy (non-hydrogen) atoms. The Balaban J connectivity index is 2.06. The predicted molar refractivity (Wildman–Crippen MR) is 107 cm³/mol. The van der Waals surface area contributed by atoms with Crippen molar-refractivity contribution < 1.29 is 9.59 Å². The Bertz CT molecular complexity index is 841. The van der Waals surface area contributed by atoms with Crippen LogP contribution >= 0.6 is 0 Å². The second-order valence-corrected chi connectivity index (χ2v) is 7.20. The molecule has 4 nitrogen and oxygen atoms in total. The number of amides is 2. The van der Waals surface area contributed by atoms with Gasteiger partial charge in [0.05, 0.1) is 5.57 Å². The van der Waals surface area contributed by atoms with E-state index in [1.807, 2.05) is 86.3 Å². The van der Waals surface area contributed by atoms with Gasteiger partial charge in [0.25, 0.3) is 11.8 Å². The number of rotatable bonds is 7. The molecule has 2 amide bonds. The van der Waals surface area contributed by atoms with Gasteiger partial charge in [-0.15, -0.1) is 0 Å². The van der Waals surface area contributed by atoms with Gasteiger partial charge in [0.15, 0.2) is 0 Å². The molecule has 0 saturated carbocycles. The van der Waals surface area contributed by atoms with E-state index in [2.05, 4.69) is 0 Å². The summed E-state index contributed by atoms with van der Waals surface area (Å²) in [5.74, 6) is -0.162. The molecule has 0 fully saturated rings. The van der Waals surface area contributed by atoms with E-state index in [1.165, 1.54) is 4.90 Å². The molecule has 0 atom stereocenters. The quantitative estimate of drug-likeness (QED) is 0.701. The van der Waals surface area contributed by atoms with Crippen molar-refractivity contribution in [2.24, 2.45) is 5.92 Å². The Morgan fingerprint density at radius 3 is 2.04 bits per heavy atom. The van der Waals surface area contributed by atoms with E-state index in [4.69, 9.17) is 0 Å². The normalized spacial score (nSPS) is 14.4. The number of hydrogen-bond donors (Lipinski definition) is 0. The molecule has 4 heteroatoms. The van der Waals surface area contributed by atoms with Crippen LogP contribution in [0.5, 0.6) is 0 Å². The van der Waals surface area contributed by atoms with Gasteiger partial charge < -0.3 is 4.90 Å². The first-order valence-corrected chi connectivity index (χ1v) is 9.47. The molecule has 2 aromatic carbocycles. The molecule has 0 spiro atoms. The Labute approximate surface area is 161 Å². The van der Waals surface area contributed by atoms with Gasteiger partial charge in [-0.2, -0.15) is 0 Å². The summed E-state index contributed by atoms with van der Waals surface area (Å²) in [6, 6.07) is 19.5. The van der Waals surface area contributed by atoms with E-state index in [1.54, 1.807) is 0 Å². The minimum Gasteiger partial charge on any atom is -0.362 e. The summed E-state index contributed by atoms with van der Waals surface area (Å²) in [7, 11) is 0. The summed E-state index contributed by atoms with van der Waals surface area (Å²) in [4.78, 5) is 29.8. The lowest BCUT2D eigenvalue weighted by atomic mass is 10.0. The first kappa shape index (κ1) is 18.9. The van der Waals surface area contributed by atoms with E-state index in [9.17, 15) is 9.59 Å². The zero-order chi connectivity index (χ0) is 19.4. The van der Waals surface area contributed by atoms with Gasteiger partial charge in [0, 0.05) is 19.6 Å². The lowest BCUT2D eigenvalue weighted by Crippen LogP contribution is -2.37. The smallest absolute Gasteiger partial charge is 0.277 e. The number of benzene rings is 2. The number of carbonyl (C=O) groups is 2. The Kier molecular flexibility index (Phi) is 5.75. The molecule has 0 bridgehead atoms. The fraction of sp³-hybridized carbons (Fsp3) is 0.304. The van der Waals surface area contributed by atoms with Gasteiger partial charge in [-0.1, -0.05) is 74.5 Å². The molecule has 1 aliphatic heterocycles. The Hall–Kier alpha value is -2.88. The van der Waals surface area contributed by atoms with Gasteiger partial charge >= 0.3 is 0 Å². The zero-order valence-electron chi connectivity index (χ0n) is 16.2. The summed E-state index contributed by atoms with van der Waals surface area (Å²) in [6.07, 6.45) is 0. The molecule has 140 valence electrons. The van der Waals surface area contributed by atoms with E-state index >= 15 is 0 Å². The summed E-state index contributed by atoms with van der Waals surface area (Å²) in [5.41, 5.74) is 2.93. The topological polar surface area (TPSA) is 40.6 Å².